The molecule has 0 aromatic heterocycles. The Morgan fingerprint density at radius 1 is 0.449 bits per heavy atom. The normalized spacial score (nSPS) is 13.6. The summed E-state index contributed by atoms with van der Waals surface area (Å²) >= 11 is 0. The van der Waals surface area contributed by atoms with Crippen molar-refractivity contribution < 1.29 is 18.5 Å². The fraction of sp³-hybridized carbons (Fsp3) is 0.0909. The highest BCUT2D eigenvalue weighted by atomic mass is 31.2. The molecule has 5 heteroatoms. The zero-order valence-corrected chi connectivity index (χ0v) is 28.6. The van der Waals surface area contributed by atoms with Gasteiger partial charge in [-0.3, -0.25) is 4.89 Å². The molecule has 238 valence electrons. The third-order valence-corrected chi connectivity index (χ3v) is 11.2. The molecule has 0 saturated carbocycles. The van der Waals surface area contributed by atoms with E-state index in [1.54, 1.807) is 0 Å². The van der Waals surface area contributed by atoms with Crippen LogP contribution >= 0.6 is 7.82 Å². The van der Waals surface area contributed by atoms with E-state index in [4.69, 9.17) is 9.05 Å². The first-order valence-electron chi connectivity index (χ1n) is 16.5. The molecule has 0 fully saturated rings. The molecule has 9 rings (SSSR count). The van der Waals surface area contributed by atoms with Gasteiger partial charge in [-0.25, -0.2) is 4.57 Å². The van der Waals surface area contributed by atoms with Gasteiger partial charge < -0.3 is 9.05 Å². The second-order valence-electron chi connectivity index (χ2n) is 13.2. The molecule has 8 aromatic carbocycles. The number of phosphoric acid groups is 1. The molecule has 4 nitrogen and oxygen atoms in total. The summed E-state index contributed by atoms with van der Waals surface area (Å²) in [5, 5.41) is 8.48. The Bertz CT molecular complexity index is 2470. The topological polar surface area (TPSA) is 55.8 Å². The van der Waals surface area contributed by atoms with E-state index in [2.05, 4.69) is 100 Å². The SMILES string of the molecule is Cc1cc(-c2c3ccccc3cc3ccccc23)c2c(c1C)-c1c(C)c(C)cc(-c3c4ccccc4cc4ccccc34)c1OP(=O)(O)O2. The van der Waals surface area contributed by atoms with Crippen LogP contribution in [-0.2, 0) is 4.57 Å². The lowest BCUT2D eigenvalue weighted by atomic mass is 9.82. The van der Waals surface area contributed by atoms with Gasteiger partial charge in [-0.15, -0.1) is 0 Å². The predicted octanol–water partition coefficient (Wildman–Crippen LogP) is 12.4. The molecule has 0 unspecified atom stereocenters. The zero-order valence-electron chi connectivity index (χ0n) is 27.7. The molecular weight excluding hydrogens is 623 g/mol. The van der Waals surface area contributed by atoms with Crippen molar-refractivity contribution in [2.45, 2.75) is 27.7 Å². The fourth-order valence-electron chi connectivity index (χ4n) is 7.81. The average Bonchev–Trinajstić information content (AvgIpc) is 3.23. The fourth-order valence-corrected chi connectivity index (χ4v) is 8.68. The minimum absolute atomic E-state index is 0.358. The summed E-state index contributed by atoms with van der Waals surface area (Å²) in [6.45, 7) is 8.32. The predicted molar refractivity (Wildman–Crippen MR) is 203 cm³/mol. The Hall–Kier alpha value is -5.41. The molecule has 0 spiro atoms. The van der Waals surface area contributed by atoms with Gasteiger partial charge in [-0.2, -0.15) is 0 Å². The second-order valence-corrected chi connectivity index (χ2v) is 14.5. The van der Waals surface area contributed by atoms with E-state index in [1.807, 2.05) is 48.5 Å². The number of phosphoric ester groups is 1. The molecule has 0 amide bonds. The van der Waals surface area contributed by atoms with Crippen LogP contribution in [0.5, 0.6) is 11.5 Å². The summed E-state index contributed by atoms with van der Waals surface area (Å²) in [6, 6.07) is 41.7. The van der Waals surface area contributed by atoms with Crippen molar-refractivity contribution in [3.05, 3.63) is 144 Å². The van der Waals surface area contributed by atoms with E-state index in [0.29, 0.717) is 11.5 Å². The Balaban J connectivity index is 1.46. The second kappa shape index (κ2) is 10.8. The Kier molecular flexibility index (Phi) is 6.55. The zero-order chi connectivity index (χ0) is 33.6. The smallest absolute Gasteiger partial charge is 0.394 e. The standard InChI is InChI=1S/C44H33O4P/c1-25-21-37(41-33-17-9-5-13-29(33)23-30-14-6-10-18-34(30)41)43-39(27(25)3)40-28(4)26(2)22-38(44(40)48-49(45,46)47-43)42-35-19-11-7-15-31(35)24-32-16-8-12-20-36(32)42/h5-24H,1-4H3,(H,45,46). The van der Waals surface area contributed by atoms with Crippen LogP contribution in [0, 0.1) is 27.7 Å². The van der Waals surface area contributed by atoms with Crippen molar-refractivity contribution in [1.29, 1.82) is 0 Å². The summed E-state index contributed by atoms with van der Waals surface area (Å²) in [7, 11) is -4.70. The third-order valence-electron chi connectivity index (χ3n) is 10.3. The molecule has 1 heterocycles. The van der Waals surface area contributed by atoms with Crippen LogP contribution in [0.2, 0.25) is 0 Å². The number of fused-ring (bicyclic) bond motifs is 7. The lowest BCUT2D eigenvalue weighted by molar-refractivity contribution is 0.295. The van der Waals surface area contributed by atoms with E-state index in [-0.39, 0.29) is 0 Å². The summed E-state index contributed by atoms with van der Waals surface area (Å²) in [5.41, 5.74) is 9.03. The first-order valence-corrected chi connectivity index (χ1v) is 18.0. The Labute approximate surface area is 284 Å². The number of aryl methyl sites for hydroxylation is 2. The van der Waals surface area contributed by atoms with Crippen molar-refractivity contribution in [3.8, 4) is 44.9 Å². The molecule has 0 atom stereocenters. The molecular formula is C44H33O4P. The molecule has 0 radical (unpaired) electrons. The van der Waals surface area contributed by atoms with Gasteiger partial charge in [0.05, 0.1) is 0 Å². The highest BCUT2D eigenvalue weighted by Gasteiger charge is 2.38. The first kappa shape index (κ1) is 29.7. The number of benzene rings is 8. The molecule has 49 heavy (non-hydrogen) atoms. The van der Waals surface area contributed by atoms with Crippen LogP contribution in [0.25, 0.3) is 76.5 Å². The lowest BCUT2D eigenvalue weighted by Gasteiger charge is -2.22. The van der Waals surface area contributed by atoms with E-state index in [0.717, 1.165) is 98.7 Å². The molecule has 0 aliphatic carbocycles. The van der Waals surface area contributed by atoms with E-state index in [9.17, 15) is 9.46 Å². The third kappa shape index (κ3) is 4.52. The molecule has 0 bridgehead atoms. The average molecular weight is 657 g/mol. The van der Waals surface area contributed by atoms with E-state index >= 15 is 0 Å². The van der Waals surface area contributed by atoms with Gasteiger partial charge in [0.15, 0.2) is 0 Å². The largest absolute Gasteiger partial charge is 0.584 e. The van der Waals surface area contributed by atoms with Gasteiger partial charge in [0.1, 0.15) is 11.5 Å². The number of hydrogen-bond donors (Lipinski definition) is 1. The maximum absolute atomic E-state index is 14.3. The van der Waals surface area contributed by atoms with Crippen LogP contribution in [-0.4, -0.2) is 4.89 Å². The summed E-state index contributed by atoms with van der Waals surface area (Å²) in [6.07, 6.45) is 0. The summed E-state index contributed by atoms with van der Waals surface area (Å²) < 4.78 is 26.9. The van der Waals surface area contributed by atoms with Crippen LogP contribution in [0.1, 0.15) is 22.3 Å². The van der Waals surface area contributed by atoms with Gasteiger partial charge in [0, 0.05) is 33.4 Å². The Morgan fingerprint density at radius 2 is 0.755 bits per heavy atom. The monoisotopic (exact) mass is 656 g/mol. The highest BCUT2D eigenvalue weighted by Crippen LogP contribution is 2.62. The minimum atomic E-state index is -4.70. The number of rotatable bonds is 2. The molecule has 1 aliphatic heterocycles. The van der Waals surface area contributed by atoms with Crippen molar-refractivity contribution in [1.82, 2.24) is 0 Å². The van der Waals surface area contributed by atoms with Gasteiger partial charge in [-0.05, 0) is 117 Å². The molecule has 8 aromatic rings. The number of hydrogen-bond acceptors (Lipinski definition) is 3. The van der Waals surface area contributed by atoms with Crippen molar-refractivity contribution in [2.24, 2.45) is 0 Å². The van der Waals surface area contributed by atoms with E-state index in [1.165, 1.54) is 0 Å². The highest BCUT2D eigenvalue weighted by molar-refractivity contribution is 7.48. The van der Waals surface area contributed by atoms with Crippen LogP contribution in [0.3, 0.4) is 0 Å². The quantitative estimate of drug-likeness (QED) is 0.149. The lowest BCUT2D eigenvalue weighted by Crippen LogP contribution is -2.01. The molecule has 1 aliphatic rings. The van der Waals surface area contributed by atoms with Crippen LogP contribution in [0.4, 0.5) is 0 Å². The molecule has 1 N–H and O–H groups in total. The minimum Gasteiger partial charge on any atom is -0.394 e. The molecule has 0 saturated heterocycles. The van der Waals surface area contributed by atoms with Gasteiger partial charge in [-0.1, -0.05) is 97.1 Å². The summed E-state index contributed by atoms with van der Waals surface area (Å²) in [5.74, 6) is 0.716. The maximum atomic E-state index is 14.3. The van der Waals surface area contributed by atoms with Gasteiger partial charge in [0.2, 0.25) is 0 Å². The van der Waals surface area contributed by atoms with Crippen molar-refractivity contribution in [2.75, 3.05) is 0 Å². The van der Waals surface area contributed by atoms with Crippen LogP contribution < -0.4 is 9.05 Å². The van der Waals surface area contributed by atoms with Crippen LogP contribution in [0.15, 0.2) is 121 Å². The van der Waals surface area contributed by atoms with E-state index < -0.39 is 7.82 Å². The Morgan fingerprint density at radius 3 is 1.08 bits per heavy atom. The van der Waals surface area contributed by atoms with Crippen molar-refractivity contribution in [3.63, 3.8) is 0 Å². The van der Waals surface area contributed by atoms with Gasteiger partial charge >= 0.3 is 7.82 Å². The van der Waals surface area contributed by atoms with Crippen molar-refractivity contribution >= 4 is 50.9 Å². The summed E-state index contributed by atoms with van der Waals surface area (Å²) in [4.78, 5) is 11.7. The maximum Gasteiger partial charge on any atom is 0.584 e. The first-order chi connectivity index (χ1) is 23.7. The van der Waals surface area contributed by atoms with Gasteiger partial charge in [0.25, 0.3) is 0 Å².